The van der Waals surface area contributed by atoms with Crippen molar-refractivity contribution in [3.05, 3.63) is 77.4 Å². The van der Waals surface area contributed by atoms with Crippen molar-refractivity contribution in [3.63, 3.8) is 0 Å². The zero-order valence-corrected chi connectivity index (χ0v) is 13.0. The Labute approximate surface area is 134 Å². The third kappa shape index (κ3) is 2.81. The van der Waals surface area contributed by atoms with E-state index in [1.54, 1.807) is 29.8 Å². The fourth-order valence-electron chi connectivity index (χ4n) is 2.54. The molecule has 2 aromatic heterocycles. The summed E-state index contributed by atoms with van der Waals surface area (Å²) in [5, 5.41) is 0. The zero-order chi connectivity index (χ0) is 16.4. The van der Waals surface area contributed by atoms with Gasteiger partial charge in [0.05, 0.1) is 0 Å². The molecule has 0 aliphatic rings. The first-order chi connectivity index (χ1) is 11.1. The number of nitrogens with zero attached hydrogens (tertiary/aromatic N) is 2. The molecule has 1 N–H and O–H groups in total. The fourth-order valence-corrected chi connectivity index (χ4v) is 2.54. The van der Waals surface area contributed by atoms with Crippen LogP contribution >= 0.6 is 0 Å². The summed E-state index contributed by atoms with van der Waals surface area (Å²) >= 11 is 0. The van der Waals surface area contributed by atoms with Crippen molar-refractivity contribution in [2.24, 2.45) is 0 Å². The van der Waals surface area contributed by atoms with Gasteiger partial charge in [-0.3, -0.25) is 19.7 Å². The van der Waals surface area contributed by atoms with Crippen LogP contribution in [0.1, 0.15) is 32.1 Å². The zero-order valence-electron chi connectivity index (χ0n) is 13.0. The Bertz CT molecular complexity index is 843. The van der Waals surface area contributed by atoms with Crippen LogP contribution in [0.2, 0.25) is 0 Å². The standard InChI is InChI=1S/C18H17N3O2/c1-13-11-16(12-22)14(2)21(13)19-18(23)15-5-7-17(8-6-15)20-9-3-4-10-20/h3-12H,1-2H3,(H,19,23). The maximum absolute atomic E-state index is 12.4. The highest BCUT2D eigenvalue weighted by Gasteiger charge is 2.12. The molecule has 3 rings (SSSR count). The van der Waals surface area contributed by atoms with Crippen molar-refractivity contribution in [1.82, 2.24) is 9.24 Å². The van der Waals surface area contributed by atoms with Crippen LogP contribution in [0.25, 0.3) is 5.69 Å². The summed E-state index contributed by atoms with van der Waals surface area (Å²) in [6.45, 7) is 3.64. The molecule has 116 valence electrons. The number of hydrogen-bond acceptors (Lipinski definition) is 2. The van der Waals surface area contributed by atoms with Crippen LogP contribution in [0.3, 0.4) is 0 Å². The van der Waals surface area contributed by atoms with E-state index in [-0.39, 0.29) is 5.91 Å². The molecular formula is C18H17N3O2. The first-order valence-corrected chi connectivity index (χ1v) is 7.29. The number of aryl methyl sites for hydroxylation is 1. The van der Waals surface area contributed by atoms with Gasteiger partial charge in [0.15, 0.2) is 6.29 Å². The quantitative estimate of drug-likeness (QED) is 0.753. The van der Waals surface area contributed by atoms with E-state index in [1.807, 2.05) is 48.1 Å². The van der Waals surface area contributed by atoms with Crippen molar-refractivity contribution in [3.8, 4) is 5.69 Å². The average Bonchev–Trinajstić information content (AvgIpc) is 3.19. The van der Waals surface area contributed by atoms with Crippen LogP contribution in [-0.4, -0.2) is 21.4 Å². The SMILES string of the molecule is Cc1cc(C=O)c(C)n1NC(=O)c1ccc(-n2cccc2)cc1. The van der Waals surface area contributed by atoms with E-state index in [4.69, 9.17) is 0 Å². The molecule has 0 aliphatic heterocycles. The van der Waals surface area contributed by atoms with E-state index >= 15 is 0 Å². The lowest BCUT2D eigenvalue weighted by atomic mass is 10.2. The van der Waals surface area contributed by atoms with Gasteiger partial charge in [-0.05, 0) is 56.3 Å². The molecular weight excluding hydrogens is 290 g/mol. The molecule has 0 radical (unpaired) electrons. The van der Waals surface area contributed by atoms with Crippen molar-refractivity contribution in [2.75, 3.05) is 5.43 Å². The number of rotatable bonds is 4. The van der Waals surface area contributed by atoms with Gasteiger partial charge < -0.3 is 4.57 Å². The predicted molar refractivity (Wildman–Crippen MR) is 88.8 cm³/mol. The summed E-state index contributed by atoms with van der Waals surface area (Å²) in [7, 11) is 0. The molecule has 0 aliphatic carbocycles. The number of aldehydes is 1. The molecule has 0 saturated carbocycles. The molecule has 23 heavy (non-hydrogen) atoms. The number of benzene rings is 1. The molecule has 0 bridgehead atoms. The summed E-state index contributed by atoms with van der Waals surface area (Å²) < 4.78 is 3.60. The third-order valence-corrected chi connectivity index (χ3v) is 3.84. The van der Waals surface area contributed by atoms with E-state index in [9.17, 15) is 9.59 Å². The third-order valence-electron chi connectivity index (χ3n) is 3.84. The molecule has 1 amide bonds. The fraction of sp³-hybridized carbons (Fsp3) is 0.111. The molecule has 2 heterocycles. The Morgan fingerprint density at radius 1 is 1.09 bits per heavy atom. The van der Waals surface area contributed by atoms with Gasteiger partial charge in [0, 0.05) is 40.6 Å². The van der Waals surface area contributed by atoms with Crippen LogP contribution in [0.5, 0.6) is 0 Å². The second-order valence-corrected chi connectivity index (χ2v) is 5.36. The van der Waals surface area contributed by atoms with Gasteiger partial charge in [-0.25, -0.2) is 0 Å². The van der Waals surface area contributed by atoms with Gasteiger partial charge >= 0.3 is 0 Å². The first-order valence-electron chi connectivity index (χ1n) is 7.29. The molecule has 1 aromatic carbocycles. The molecule has 5 nitrogen and oxygen atoms in total. The van der Waals surface area contributed by atoms with Crippen LogP contribution in [-0.2, 0) is 0 Å². The topological polar surface area (TPSA) is 56.0 Å². The van der Waals surface area contributed by atoms with E-state index in [0.29, 0.717) is 11.1 Å². The molecule has 0 saturated heterocycles. The number of carbonyl (C=O) groups is 2. The minimum Gasteiger partial charge on any atom is -0.324 e. The molecule has 0 unspecified atom stereocenters. The molecule has 3 aromatic rings. The van der Waals surface area contributed by atoms with Crippen molar-refractivity contribution >= 4 is 12.2 Å². The highest BCUT2D eigenvalue weighted by atomic mass is 16.2. The van der Waals surface area contributed by atoms with Crippen LogP contribution in [0.15, 0.2) is 54.9 Å². The lowest BCUT2D eigenvalue weighted by Crippen LogP contribution is -2.24. The summed E-state index contributed by atoms with van der Waals surface area (Å²) in [4.78, 5) is 23.4. The maximum atomic E-state index is 12.4. The van der Waals surface area contributed by atoms with Gasteiger partial charge in [0.1, 0.15) is 0 Å². The van der Waals surface area contributed by atoms with E-state index in [2.05, 4.69) is 5.43 Å². The number of nitrogens with one attached hydrogen (secondary N) is 1. The summed E-state index contributed by atoms with van der Waals surface area (Å²) in [5.41, 5.74) is 6.46. The minimum absolute atomic E-state index is 0.219. The highest BCUT2D eigenvalue weighted by Crippen LogP contribution is 2.13. The summed E-state index contributed by atoms with van der Waals surface area (Å²) in [6.07, 6.45) is 4.68. The van der Waals surface area contributed by atoms with Crippen LogP contribution in [0, 0.1) is 13.8 Å². The Hall–Kier alpha value is -3.08. The highest BCUT2D eigenvalue weighted by molar-refractivity contribution is 6.00. The monoisotopic (exact) mass is 307 g/mol. The Morgan fingerprint density at radius 2 is 1.74 bits per heavy atom. The minimum atomic E-state index is -0.219. The molecule has 0 spiro atoms. The number of aromatic nitrogens is 2. The number of carbonyl (C=O) groups excluding carboxylic acids is 2. The van der Waals surface area contributed by atoms with Gasteiger partial charge in [-0.15, -0.1) is 0 Å². The van der Waals surface area contributed by atoms with Crippen molar-refractivity contribution in [1.29, 1.82) is 0 Å². The van der Waals surface area contributed by atoms with Crippen LogP contribution in [0.4, 0.5) is 0 Å². The molecule has 0 atom stereocenters. The largest absolute Gasteiger partial charge is 0.324 e. The lowest BCUT2D eigenvalue weighted by molar-refractivity contribution is 0.101. The maximum Gasteiger partial charge on any atom is 0.270 e. The van der Waals surface area contributed by atoms with Crippen molar-refractivity contribution in [2.45, 2.75) is 13.8 Å². The smallest absolute Gasteiger partial charge is 0.270 e. The molecule has 5 heteroatoms. The average molecular weight is 307 g/mol. The van der Waals surface area contributed by atoms with E-state index < -0.39 is 0 Å². The predicted octanol–water partition coefficient (Wildman–Crippen LogP) is 3.09. The summed E-state index contributed by atoms with van der Waals surface area (Å²) in [5.74, 6) is -0.219. The van der Waals surface area contributed by atoms with Gasteiger partial charge in [0.2, 0.25) is 0 Å². The second-order valence-electron chi connectivity index (χ2n) is 5.36. The normalized spacial score (nSPS) is 10.5. The Balaban J connectivity index is 1.81. The molecule has 0 fully saturated rings. The van der Waals surface area contributed by atoms with Gasteiger partial charge in [-0.2, -0.15) is 0 Å². The van der Waals surface area contributed by atoms with Crippen molar-refractivity contribution < 1.29 is 9.59 Å². The second kappa shape index (κ2) is 5.96. The number of hydrogen-bond donors (Lipinski definition) is 1. The Kier molecular flexibility index (Phi) is 3.85. The lowest BCUT2D eigenvalue weighted by Gasteiger charge is -2.12. The van der Waals surface area contributed by atoms with Gasteiger partial charge in [0.25, 0.3) is 5.91 Å². The summed E-state index contributed by atoms with van der Waals surface area (Å²) in [6, 6.07) is 13.0. The first kappa shape index (κ1) is 14.8. The van der Waals surface area contributed by atoms with E-state index in [0.717, 1.165) is 23.4 Å². The number of amides is 1. The van der Waals surface area contributed by atoms with Crippen LogP contribution < -0.4 is 5.43 Å². The van der Waals surface area contributed by atoms with E-state index in [1.165, 1.54) is 0 Å². The van der Waals surface area contributed by atoms with Gasteiger partial charge in [-0.1, -0.05) is 0 Å². The Morgan fingerprint density at radius 3 is 2.30 bits per heavy atom.